The molecule has 4 N–H and O–H groups in total. The molecule has 60 heavy (non-hydrogen) atoms. The van der Waals surface area contributed by atoms with Crippen LogP contribution in [0.5, 0.6) is 5.75 Å². The Kier molecular flexibility index (Phi) is 12.4. The van der Waals surface area contributed by atoms with Gasteiger partial charge in [-0.1, -0.05) is 58.0 Å². The Bertz CT molecular complexity index is 2360. The van der Waals surface area contributed by atoms with Crippen molar-refractivity contribution in [2.45, 2.75) is 77.5 Å². The monoisotopic (exact) mass is 819 g/mol. The van der Waals surface area contributed by atoms with Gasteiger partial charge in [0.1, 0.15) is 29.5 Å². The molecule has 0 radical (unpaired) electrons. The molecule has 16 nitrogen and oxygen atoms in total. The first-order valence-electron chi connectivity index (χ1n) is 20.4. The third-order valence-corrected chi connectivity index (χ3v) is 11.5. The Morgan fingerprint density at radius 1 is 0.717 bits per heavy atom. The zero-order valence-electron chi connectivity index (χ0n) is 35.1. The average molecular weight is 820 g/mol. The van der Waals surface area contributed by atoms with Crippen LogP contribution in [0.15, 0.2) is 60.9 Å². The number of pyridine rings is 1. The highest BCUT2D eigenvalue weighted by Crippen LogP contribution is 2.37. The maximum atomic E-state index is 13.6. The van der Waals surface area contributed by atoms with E-state index in [9.17, 15) is 19.2 Å². The van der Waals surface area contributed by atoms with Crippen molar-refractivity contribution in [2.75, 3.05) is 34.4 Å². The number of alkyl carbamates (subject to hydrolysis) is 2. The second kappa shape index (κ2) is 17.8. The Labute approximate surface area is 348 Å². The van der Waals surface area contributed by atoms with Crippen LogP contribution in [0, 0.1) is 11.8 Å². The number of fused-ring (bicyclic) bond motifs is 1. The molecule has 0 aliphatic carbocycles. The number of amides is 4. The van der Waals surface area contributed by atoms with E-state index >= 15 is 0 Å². The largest absolute Gasteiger partial charge is 0.496 e. The molecule has 7 rings (SSSR count). The first-order valence-corrected chi connectivity index (χ1v) is 20.4. The second-order valence-corrected chi connectivity index (χ2v) is 16.0. The molecular formula is C44H53N9O7. The number of benzene rings is 2. The number of methoxy groups -OCH3 is 3. The highest BCUT2D eigenvalue weighted by molar-refractivity contribution is 5.92. The molecule has 2 saturated heterocycles. The predicted molar refractivity (Wildman–Crippen MR) is 225 cm³/mol. The van der Waals surface area contributed by atoms with Gasteiger partial charge in [-0.3, -0.25) is 9.59 Å². The molecule has 2 aliphatic rings. The molecule has 2 aromatic carbocycles. The summed E-state index contributed by atoms with van der Waals surface area (Å²) in [4.78, 5) is 76.2. The molecule has 4 amide bonds. The number of nitrogens with zero attached hydrogens (tertiary/aromatic N) is 5. The number of nitrogens with one attached hydrogen (secondary N) is 4. The van der Waals surface area contributed by atoms with E-state index in [1.807, 2.05) is 82.4 Å². The minimum Gasteiger partial charge on any atom is -0.496 e. The lowest BCUT2D eigenvalue weighted by Crippen LogP contribution is -2.51. The fourth-order valence-corrected chi connectivity index (χ4v) is 8.19. The lowest BCUT2D eigenvalue weighted by molar-refractivity contribution is -0.136. The van der Waals surface area contributed by atoms with Crippen LogP contribution < -0.4 is 15.4 Å². The molecule has 2 aliphatic heterocycles. The van der Waals surface area contributed by atoms with E-state index < -0.39 is 24.3 Å². The Balaban J connectivity index is 1.06. The van der Waals surface area contributed by atoms with Gasteiger partial charge < -0.3 is 44.6 Å². The normalized spacial score (nSPS) is 17.6. The third kappa shape index (κ3) is 8.49. The first-order chi connectivity index (χ1) is 28.9. The van der Waals surface area contributed by atoms with Gasteiger partial charge in [0.15, 0.2) is 0 Å². The molecule has 0 bridgehead atoms. The quantitative estimate of drug-likeness (QED) is 0.104. The number of ether oxygens (including phenoxy) is 3. The number of likely N-dealkylation sites (tertiary alicyclic amines) is 2. The summed E-state index contributed by atoms with van der Waals surface area (Å²) in [5, 5.41) is 6.22. The van der Waals surface area contributed by atoms with Crippen LogP contribution in [0.1, 0.15) is 77.1 Å². The predicted octanol–water partition coefficient (Wildman–Crippen LogP) is 6.78. The molecule has 16 heteroatoms. The average Bonchev–Trinajstić information content (AvgIpc) is 4.10. The third-order valence-electron chi connectivity index (χ3n) is 11.5. The van der Waals surface area contributed by atoms with Gasteiger partial charge in [-0.05, 0) is 55.2 Å². The van der Waals surface area contributed by atoms with Crippen LogP contribution in [0.4, 0.5) is 9.59 Å². The number of hydrogen-bond acceptors (Lipinski definition) is 10. The lowest BCUT2D eigenvalue weighted by Gasteiger charge is -2.30. The van der Waals surface area contributed by atoms with Gasteiger partial charge in [-0.25, -0.2) is 24.5 Å². The maximum Gasteiger partial charge on any atom is 0.407 e. The van der Waals surface area contributed by atoms with Gasteiger partial charge in [0.05, 0.1) is 62.2 Å². The number of carbonyl (C=O) groups is 4. The number of imidazole rings is 2. The lowest BCUT2D eigenvalue weighted by atomic mass is 10.0. The van der Waals surface area contributed by atoms with Crippen molar-refractivity contribution in [3.05, 3.63) is 72.6 Å². The number of aromatic nitrogens is 5. The molecule has 0 unspecified atom stereocenters. The molecule has 2 fully saturated rings. The summed E-state index contributed by atoms with van der Waals surface area (Å²) < 4.78 is 15.4. The Morgan fingerprint density at radius 3 is 1.85 bits per heavy atom. The summed E-state index contributed by atoms with van der Waals surface area (Å²) in [7, 11) is 4.21. The summed E-state index contributed by atoms with van der Waals surface area (Å²) in [6.45, 7) is 8.72. The molecular weight excluding hydrogens is 767 g/mol. The van der Waals surface area contributed by atoms with Crippen LogP contribution in [-0.2, 0) is 19.1 Å². The Morgan fingerprint density at radius 2 is 1.28 bits per heavy atom. The molecule has 5 aromatic rings. The number of rotatable bonds is 12. The molecule has 4 atom stereocenters. The zero-order chi connectivity index (χ0) is 42.7. The van der Waals surface area contributed by atoms with Gasteiger partial charge in [-0.15, -0.1) is 0 Å². The van der Waals surface area contributed by atoms with Crippen molar-refractivity contribution in [3.63, 3.8) is 0 Å². The van der Waals surface area contributed by atoms with Crippen molar-refractivity contribution in [1.82, 2.24) is 45.4 Å². The zero-order valence-corrected chi connectivity index (χ0v) is 35.1. The number of aromatic amines is 2. The maximum absolute atomic E-state index is 13.6. The van der Waals surface area contributed by atoms with Crippen LogP contribution in [0.3, 0.4) is 0 Å². The highest BCUT2D eigenvalue weighted by atomic mass is 16.5. The van der Waals surface area contributed by atoms with Crippen molar-refractivity contribution in [2.24, 2.45) is 11.8 Å². The van der Waals surface area contributed by atoms with E-state index in [4.69, 9.17) is 24.2 Å². The first kappa shape index (κ1) is 41.7. The summed E-state index contributed by atoms with van der Waals surface area (Å²) >= 11 is 0. The summed E-state index contributed by atoms with van der Waals surface area (Å²) in [5.41, 5.74) is 5.76. The van der Waals surface area contributed by atoms with E-state index in [1.165, 1.54) is 14.2 Å². The topological polar surface area (TPSA) is 197 Å². The molecule has 3 aromatic heterocycles. The summed E-state index contributed by atoms with van der Waals surface area (Å²) in [6.07, 6.45) is 5.53. The van der Waals surface area contributed by atoms with Gasteiger partial charge in [0, 0.05) is 41.9 Å². The van der Waals surface area contributed by atoms with E-state index in [0.717, 1.165) is 70.4 Å². The van der Waals surface area contributed by atoms with E-state index in [-0.39, 0.29) is 35.7 Å². The molecule has 316 valence electrons. The fourth-order valence-electron chi connectivity index (χ4n) is 8.19. The Hall–Kier alpha value is -6.45. The number of carbonyl (C=O) groups excluding carboxylic acids is 4. The van der Waals surface area contributed by atoms with E-state index in [2.05, 4.69) is 25.6 Å². The minimum absolute atomic E-state index is 0.119. The van der Waals surface area contributed by atoms with Gasteiger partial charge in [0.2, 0.25) is 11.8 Å². The molecule has 0 saturated carbocycles. The van der Waals surface area contributed by atoms with Gasteiger partial charge in [0.25, 0.3) is 0 Å². The van der Waals surface area contributed by atoms with Crippen molar-refractivity contribution < 1.29 is 33.4 Å². The van der Waals surface area contributed by atoms with Gasteiger partial charge >= 0.3 is 12.2 Å². The number of hydrogen-bond donors (Lipinski definition) is 4. The van der Waals surface area contributed by atoms with Crippen LogP contribution >= 0.6 is 0 Å². The standard InChI is InChI=1S/C44H53N9O7/c1-24(2)37(50-43(56)59-6)41(54)52-18-8-10-34(52)39-45-22-32(48-39)27-14-12-26(13-15-27)31-21-36(58-5)29-20-28(16-17-30(29)47-31)33-23-46-40(49-33)35-11-9-19-53(35)42(55)38(25(3)4)51-44(57)60-7/h12-17,20-25,34-35,37-38H,8-11,18-19H2,1-7H3,(H,45,48)(H,46,49)(H,50,56)(H,51,57)/t34-,35-,37-,38-/m0/s1. The minimum atomic E-state index is -0.711. The molecule has 0 spiro atoms. The molecule has 5 heterocycles. The van der Waals surface area contributed by atoms with Crippen molar-refractivity contribution >= 4 is 34.9 Å². The fraction of sp³-hybridized carbons (Fsp3) is 0.432. The van der Waals surface area contributed by atoms with Gasteiger partial charge in [-0.2, -0.15) is 0 Å². The van der Waals surface area contributed by atoms with E-state index in [0.29, 0.717) is 30.5 Å². The SMILES string of the molecule is COC(=O)N[C@H](C(=O)N1CCC[C@H]1c1nc(-c2ccc3nc(-c4ccc(-c5cnc([C@@H]6CCCN6C(=O)[C@@H](NC(=O)OC)C(C)C)[nH]5)cc4)cc(OC)c3c2)c[nH]1)C(C)C. The second-order valence-electron chi connectivity index (χ2n) is 16.0. The summed E-state index contributed by atoms with van der Waals surface area (Å²) in [5.74, 6) is 1.50. The van der Waals surface area contributed by atoms with Crippen LogP contribution in [0.2, 0.25) is 0 Å². The van der Waals surface area contributed by atoms with Crippen molar-refractivity contribution in [3.8, 4) is 39.5 Å². The van der Waals surface area contributed by atoms with Crippen LogP contribution in [-0.4, -0.2) is 105 Å². The highest BCUT2D eigenvalue weighted by Gasteiger charge is 2.39. The van der Waals surface area contributed by atoms with Crippen LogP contribution in [0.25, 0.3) is 44.7 Å². The van der Waals surface area contributed by atoms with E-state index in [1.54, 1.807) is 23.1 Å². The van der Waals surface area contributed by atoms with Crippen molar-refractivity contribution in [1.29, 1.82) is 0 Å². The smallest absolute Gasteiger partial charge is 0.407 e. The number of H-pyrrole nitrogens is 2. The summed E-state index contributed by atoms with van der Waals surface area (Å²) in [6, 6.07) is 14.0.